The van der Waals surface area contributed by atoms with Gasteiger partial charge in [0, 0.05) is 50.2 Å². The van der Waals surface area contributed by atoms with Crippen LogP contribution in [0, 0.1) is 0 Å². The van der Waals surface area contributed by atoms with Crippen LogP contribution >= 0.6 is 0 Å². The average Bonchev–Trinajstić information content (AvgIpc) is 3.74. The first-order chi connectivity index (χ1) is 26.3. The van der Waals surface area contributed by atoms with E-state index in [9.17, 15) is 0 Å². The summed E-state index contributed by atoms with van der Waals surface area (Å²) in [7, 11) is -2.95. The van der Waals surface area contributed by atoms with Crippen molar-refractivity contribution in [3.63, 3.8) is 0 Å². The number of hydrogen-bond acceptors (Lipinski definition) is 2. The summed E-state index contributed by atoms with van der Waals surface area (Å²) in [5, 5.41) is 9.88. The van der Waals surface area contributed by atoms with Crippen LogP contribution in [0.4, 0.5) is 0 Å². The molecule has 0 radical (unpaired) electrons. The standard InChI is InChI=1S/C48H30N2O2Si/c1-2-13-33(14-3-1)53-46-27-25-31(49-38-19-8-4-15-34(38)35-16-5-9-20-39(35)49)29-44(46)51-42-23-12-24-43(48(42)53)52-45-30-32(26-28-47(45)53)50-40-21-10-6-17-36(40)37-18-7-11-22-41(37)50/h1-30H. The molecule has 0 atom stereocenters. The van der Waals surface area contributed by atoms with E-state index < -0.39 is 8.07 Å². The third-order valence-corrected chi connectivity index (χ3v) is 16.3. The zero-order valence-electron chi connectivity index (χ0n) is 28.5. The molecule has 0 N–H and O–H groups in total. The predicted octanol–water partition coefficient (Wildman–Crippen LogP) is 9.47. The Morgan fingerprint density at radius 1 is 0.340 bits per heavy atom. The first-order valence-electron chi connectivity index (χ1n) is 18.1. The lowest BCUT2D eigenvalue weighted by molar-refractivity contribution is 0.463. The number of hydrogen-bond donors (Lipinski definition) is 0. The largest absolute Gasteiger partial charge is 0.457 e. The molecule has 2 aliphatic heterocycles. The quantitative estimate of drug-likeness (QED) is 0.173. The smallest absolute Gasteiger partial charge is 0.197 e. The van der Waals surface area contributed by atoms with Crippen molar-refractivity contribution >= 4 is 72.4 Å². The maximum absolute atomic E-state index is 6.96. The van der Waals surface area contributed by atoms with Gasteiger partial charge >= 0.3 is 0 Å². The first kappa shape index (κ1) is 28.8. The SMILES string of the molecule is c1ccc([Si]23c4ccc(-n5c6ccccc6c6ccccc65)cc4Oc4cccc(c42)Oc2cc(-n4c5ccccc5c5ccccc54)ccc23)cc1. The fraction of sp³-hybridized carbons (Fsp3) is 0. The third kappa shape index (κ3) is 3.78. The van der Waals surface area contributed by atoms with Crippen LogP contribution < -0.4 is 30.2 Å². The molecule has 0 fully saturated rings. The number of para-hydroxylation sites is 4. The molecule has 248 valence electrons. The number of nitrogens with zero attached hydrogens (tertiary/aromatic N) is 2. The van der Waals surface area contributed by atoms with E-state index in [1.807, 2.05) is 0 Å². The second-order valence-electron chi connectivity index (χ2n) is 14.0. The summed E-state index contributed by atoms with van der Waals surface area (Å²) in [6, 6.07) is 65.7. The van der Waals surface area contributed by atoms with E-state index in [0.717, 1.165) is 34.4 Å². The van der Waals surface area contributed by atoms with E-state index in [1.54, 1.807) is 0 Å². The van der Waals surface area contributed by atoms with Crippen LogP contribution in [-0.2, 0) is 0 Å². The van der Waals surface area contributed by atoms with Gasteiger partial charge in [-0.15, -0.1) is 0 Å². The van der Waals surface area contributed by atoms with Crippen LogP contribution in [0.2, 0.25) is 0 Å². The summed E-state index contributed by atoms with van der Waals surface area (Å²) in [5.41, 5.74) is 6.86. The molecular weight excluding hydrogens is 665 g/mol. The van der Waals surface area contributed by atoms with Crippen LogP contribution in [0.15, 0.2) is 182 Å². The molecule has 0 spiro atoms. The Morgan fingerprint density at radius 3 is 1.17 bits per heavy atom. The zero-order valence-corrected chi connectivity index (χ0v) is 29.5. The zero-order chi connectivity index (χ0) is 34.7. The van der Waals surface area contributed by atoms with Crippen molar-refractivity contribution in [1.82, 2.24) is 9.13 Å². The highest BCUT2D eigenvalue weighted by atomic mass is 28.3. The lowest BCUT2D eigenvalue weighted by atomic mass is 10.2. The Bertz CT molecular complexity index is 2850. The summed E-state index contributed by atoms with van der Waals surface area (Å²) >= 11 is 0. The van der Waals surface area contributed by atoms with Crippen molar-refractivity contribution in [1.29, 1.82) is 0 Å². The highest BCUT2D eigenvalue weighted by molar-refractivity contribution is 7.21. The van der Waals surface area contributed by atoms with Gasteiger partial charge in [-0.3, -0.25) is 0 Å². The molecule has 4 nitrogen and oxygen atoms in total. The van der Waals surface area contributed by atoms with Gasteiger partial charge in [-0.25, -0.2) is 0 Å². The fourth-order valence-corrected chi connectivity index (χ4v) is 14.4. The number of rotatable bonds is 3. The molecule has 2 aliphatic rings. The van der Waals surface area contributed by atoms with E-state index >= 15 is 0 Å². The summed E-state index contributed by atoms with van der Waals surface area (Å²) < 4.78 is 18.7. The Kier molecular flexibility index (Phi) is 5.77. The molecule has 0 saturated heterocycles. The van der Waals surface area contributed by atoms with Crippen molar-refractivity contribution in [2.24, 2.45) is 0 Å². The molecule has 0 aliphatic carbocycles. The maximum Gasteiger partial charge on any atom is 0.197 e. The van der Waals surface area contributed by atoms with Gasteiger partial charge in [0.25, 0.3) is 0 Å². The van der Waals surface area contributed by atoms with Gasteiger partial charge in [0.15, 0.2) is 8.07 Å². The number of ether oxygens (including phenoxy) is 2. The maximum atomic E-state index is 6.96. The van der Waals surface area contributed by atoms with Gasteiger partial charge < -0.3 is 18.6 Å². The molecule has 12 rings (SSSR count). The minimum Gasteiger partial charge on any atom is -0.457 e. The second-order valence-corrected chi connectivity index (χ2v) is 17.7. The van der Waals surface area contributed by atoms with Gasteiger partial charge in [0.1, 0.15) is 23.0 Å². The number of fused-ring (bicyclic) bond motifs is 10. The molecule has 53 heavy (non-hydrogen) atoms. The lowest BCUT2D eigenvalue weighted by Crippen LogP contribution is -2.77. The average molecular weight is 695 g/mol. The summed E-state index contributed by atoms with van der Waals surface area (Å²) in [5.74, 6) is 3.51. The van der Waals surface area contributed by atoms with Crippen LogP contribution in [0.5, 0.6) is 23.0 Å². The monoisotopic (exact) mass is 694 g/mol. The van der Waals surface area contributed by atoms with Crippen molar-refractivity contribution in [2.45, 2.75) is 0 Å². The van der Waals surface area contributed by atoms with Gasteiger partial charge in [0.2, 0.25) is 0 Å². The molecule has 4 heterocycles. The fourth-order valence-electron chi connectivity index (χ4n) is 9.34. The number of benzene rings is 8. The Labute approximate surface area is 306 Å². The third-order valence-electron chi connectivity index (χ3n) is 11.4. The van der Waals surface area contributed by atoms with E-state index in [1.165, 1.54) is 64.4 Å². The lowest BCUT2D eigenvalue weighted by Gasteiger charge is -2.43. The van der Waals surface area contributed by atoms with E-state index in [2.05, 4.69) is 191 Å². The normalized spacial score (nSPS) is 13.7. The van der Waals surface area contributed by atoms with Gasteiger partial charge in [0.05, 0.1) is 22.1 Å². The molecule has 0 amide bonds. The molecule has 5 heteroatoms. The molecule has 8 aromatic carbocycles. The van der Waals surface area contributed by atoms with Crippen LogP contribution in [-0.4, -0.2) is 17.2 Å². The summed E-state index contributed by atoms with van der Waals surface area (Å²) in [4.78, 5) is 0. The van der Waals surface area contributed by atoms with Crippen LogP contribution in [0.25, 0.3) is 55.0 Å². The molecule has 0 saturated carbocycles. The van der Waals surface area contributed by atoms with E-state index in [-0.39, 0.29) is 0 Å². The highest BCUT2D eigenvalue weighted by Crippen LogP contribution is 2.41. The van der Waals surface area contributed by atoms with E-state index in [4.69, 9.17) is 9.47 Å². The van der Waals surface area contributed by atoms with Crippen molar-refractivity contribution in [3.8, 4) is 34.4 Å². The molecular formula is C48H30N2O2Si. The minimum absolute atomic E-state index is 0.863. The van der Waals surface area contributed by atoms with Crippen molar-refractivity contribution in [2.75, 3.05) is 0 Å². The van der Waals surface area contributed by atoms with Crippen molar-refractivity contribution in [3.05, 3.63) is 182 Å². The van der Waals surface area contributed by atoms with Gasteiger partial charge in [-0.1, -0.05) is 121 Å². The molecule has 0 unspecified atom stereocenters. The Hall–Kier alpha value is -6.82. The number of aromatic nitrogens is 2. The second kappa shape index (κ2) is 10.6. The van der Waals surface area contributed by atoms with Crippen LogP contribution in [0.3, 0.4) is 0 Å². The predicted molar refractivity (Wildman–Crippen MR) is 219 cm³/mol. The molecule has 10 aromatic rings. The van der Waals surface area contributed by atoms with E-state index in [0.29, 0.717) is 0 Å². The first-order valence-corrected chi connectivity index (χ1v) is 20.1. The van der Waals surface area contributed by atoms with Gasteiger partial charge in [-0.05, 0) is 64.1 Å². The summed E-state index contributed by atoms with van der Waals surface area (Å²) in [6.07, 6.45) is 0. The molecule has 0 bridgehead atoms. The summed E-state index contributed by atoms with van der Waals surface area (Å²) in [6.45, 7) is 0. The Balaban J connectivity index is 1.14. The molecule has 2 aromatic heterocycles. The van der Waals surface area contributed by atoms with Crippen LogP contribution in [0.1, 0.15) is 0 Å². The highest BCUT2D eigenvalue weighted by Gasteiger charge is 2.53. The Morgan fingerprint density at radius 2 is 0.736 bits per heavy atom. The van der Waals surface area contributed by atoms with Gasteiger partial charge in [-0.2, -0.15) is 0 Å². The van der Waals surface area contributed by atoms with Crippen molar-refractivity contribution < 1.29 is 9.47 Å². The minimum atomic E-state index is -2.95. The topological polar surface area (TPSA) is 28.3 Å².